The van der Waals surface area contributed by atoms with Gasteiger partial charge in [0.25, 0.3) is 0 Å². The first kappa shape index (κ1) is 9.60. The molecular weight excluding hydrogens is 291 g/mol. The third-order valence-electron chi connectivity index (χ3n) is 1.81. The fourth-order valence-electron chi connectivity index (χ4n) is 1.14. The highest BCUT2D eigenvalue weighted by atomic mass is 127. The van der Waals surface area contributed by atoms with Crippen molar-refractivity contribution >= 4 is 22.6 Å². The van der Waals surface area contributed by atoms with E-state index in [-0.39, 0.29) is 0 Å². The molecule has 0 bridgehead atoms. The van der Waals surface area contributed by atoms with Gasteiger partial charge < -0.3 is 5.73 Å². The minimum Gasteiger partial charge on any atom is -0.324 e. The molecule has 0 spiro atoms. The molecule has 0 amide bonds. The Morgan fingerprint density at radius 3 is 2.93 bits per heavy atom. The monoisotopic (exact) mass is 300 g/mol. The number of aromatic amines is 1. The molecule has 4 nitrogen and oxygen atoms in total. The lowest BCUT2D eigenvalue weighted by molar-refractivity contribution is 0.917. The van der Waals surface area contributed by atoms with Crippen LogP contribution in [0.1, 0.15) is 5.82 Å². The molecule has 0 aliphatic rings. The van der Waals surface area contributed by atoms with E-state index in [1.807, 2.05) is 24.3 Å². The van der Waals surface area contributed by atoms with Gasteiger partial charge in [-0.15, -0.1) is 0 Å². The van der Waals surface area contributed by atoms with Gasteiger partial charge in [0.15, 0.2) is 5.82 Å². The third-order valence-corrected chi connectivity index (χ3v) is 2.48. The summed E-state index contributed by atoms with van der Waals surface area (Å²) < 4.78 is 1.17. The summed E-state index contributed by atoms with van der Waals surface area (Å²) in [4.78, 5) is 4.25. The van der Waals surface area contributed by atoms with Gasteiger partial charge in [0.2, 0.25) is 0 Å². The molecule has 1 aromatic carbocycles. The quantitative estimate of drug-likeness (QED) is 0.827. The van der Waals surface area contributed by atoms with Crippen LogP contribution >= 0.6 is 22.6 Å². The minimum absolute atomic E-state index is 0.386. The van der Waals surface area contributed by atoms with Crippen molar-refractivity contribution in [3.63, 3.8) is 0 Å². The lowest BCUT2D eigenvalue weighted by atomic mass is 10.2. The molecule has 72 valence electrons. The van der Waals surface area contributed by atoms with Gasteiger partial charge in [0.05, 0.1) is 6.54 Å². The van der Waals surface area contributed by atoms with Crippen LogP contribution < -0.4 is 5.73 Å². The van der Waals surface area contributed by atoms with Crippen molar-refractivity contribution in [3.05, 3.63) is 33.7 Å². The molecule has 0 fully saturated rings. The largest absolute Gasteiger partial charge is 0.324 e. The zero-order chi connectivity index (χ0) is 9.97. The van der Waals surface area contributed by atoms with Crippen LogP contribution in [0.2, 0.25) is 0 Å². The van der Waals surface area contributed by atoms with E-state index in [4.69, 9.17) is 5.73 Å². The summed E-state index contributed by atoms with van der Waals surface area (Å²) in [6.07, 6.45) is 0. The average Bonchev–Trinajstić information content (AvgIpc) is 2.66. The van der Waals surface area contributed by atoms with Gasteiger partial charge in [0.1, 0.15) is 5.82 Å². The van der Waals surface area contributed by atoms with E-state index >= 15 is 0 Å². The van der Waals surface area contributed by atoms with Gasteiger partial charge in [-0.2, -0.15) is 5.10 Å². The maximum Gasteiger partial charge on any atom is 0.181 e. The topological polar surface area (TPSA) is 67.6 Å². The summed E-state index contributed by atoms with van der Waals surface area (Å²) in [7, 11) is 0. The Balaban J connectivity index is 2.39. The second kappa shape index (κ2) is 4.05. The zero-order valence-electron chi connectivity index (χ0n) is 7.37. The Morgan fingerprint density at radius 2 is 2.29 bits per heavy atom. The summed E-state index contributed by atoms with van der Waals surface area (Å²) >= 11 is 2.26. The molecule has 0 aliphatic heterocycles. The maximum atomic E-state index is 5.44. The normalized spacial score (nSPS) is 10.4. The number of nitrogens with two attached hydrogens (primary N) is 1. The fourth-order valence-corrected chi connectivity index (χ4v) is 1.69. The molecule has 1 aromatic heterocycles. The molecule has 1 heterocycles. The highest BCUT2D eigenvalue weighted by Crippen LogP contribution is 2.17. The smallest absolute Gasteiger partial charge is 0.181 e. The van der Waals surface area contributed by atoms with E-state index in [9.17, 15) is 0 Å². The Bertz CT molecular complexity index is 438. The predicted molar refractivity (Wildman–Crippen MR) is 62.4 cm³/mol. The van der Waals surface area contributed by atoms with Crippen molar-refractivity contribution in [2.45, 2.75) is 6.54 Å². The number of nitrogens with zero attached hydrogens (tertiary/aromatic N) is 2. The first-order valence-corrected chi connectivity index (χ1v) is 5.25. The summed E-state index contributed by atoms with van der Waals surface area (Å²) in [5.41, 5.74) is 6.44. The van der Waals surface area contributed by atoms with Crippen LogP contribution in [0.3, 0.4) is 0 Å². The lowest BCUT2D eigenvalue weighted by Crippen LogP contribution is -1.97. The van der Waals surface area contributed by atoms with Gasteiger partial charge >= 0.3 is 0 Å². The molecule has 3 N–H and O–H groups in total. The molecule has 2 rings (SSSR count). The van der Waals surface area contributed by atoms with E-state index in [1.54, 1.807) is 0 Å². The number of hydrogen-bond donors (Lipinski definition) is 2. The van der Waals surface area contributed by atoms with Crippen LogP contribution in [-0.2, 0) is 6.54 Å². The van der Waals surface area contributed by atoms with Gasteiger partial charge in [-0.25, -0.2) is 4.98 Å². The molecule has 5 heteroatoms. The molecule has 0 saturated heterocycles. The van der Waals surface area contributed by atoms with Gasteiger partial charge in [-0.3, -0.25) is 5.10 Å². The number of aromatic nitrogens is 3. The van der Waals surface area contributed by atoms with Crippen molar-refractivity contribution in [1.29, 1.82) is 0 Å². The van der Waals surface area contributed by atoms with Crippen LogP contribution in [0.5, 0.6) is 0 Å². The minimum atomic E-state index is 0.386. The van der Waals surface area contributed by atoms with Gasteiger partial charge in [-0.05, 0) is 34.7 Å². The molecule has 0 unspecified atom stereocenters. The van der Waals surface area contributed by atoms with Crippen LogP contribution in [0, 0.1) is 3.57 Å². The number of hydrogen-bond acceptors (Lipinski definition) is 3. The summed E-state index contributed by atoms with van der Waals surface area (Å²) in [6, 6.07) is 8.02. The van der Waals surface area contributed by atoms with Crippen LogP contribution in [0.15, 0.2) is 24.3 Å². The zero-order valence-corrected chi connectivity index (χ0v) is 9.52. The first-order valence-electron chi connectivity index (χ1n) is 4.17. The molecular formula is C9H9IN4. The molecule has 0 saturated carbocycles. The Labute approximate surface area is 95.1 Å². The first-order chi connectivity index (χ1) is 6.79. The third kappa shape index (κ3) is 1.93. The van der Waals surface area contributed by atoms with Crippen molar-refractivity contribution < 1.29 is 0 Å². The standard InChI is InChI=1S/C9H9IN4/c10-7-3-1-2-6(4-7)9-12-8(5-11)13-14-9/h1-4H,5,11H2,(H,12,13,14). The average molecular weight is 300 g/mol. The summed E-state index contributed by atoms with van der Waals surface area (Å²) in [6.45, 7) is 0.386. The van der Waals surface area contributed by atoms with Gasteiger partial charge in [0, 0.05) is 9.13 Å². The Morgan fingerprint density at radius 1 is 1.43 bits per heavy atom. The van der Waals surface area contributed by atoms with E-state index in [0.29, 0.717) is 18.2 Å². The SMILES string of the molecule is NCc1nc(-c2cccc(I)c2)n[nH]1. The van der Waals surface area contributed by atoms with Crippen molar-refractivity contribution in [2.75, 3.05) is 0 Å². The number of H-pyrrole nitrogens is 1. The lowest BCUT2D eigenvalue weighted by Gasteiger charge is -1.94. The van der Waals surface area contributed by atoms with E-state index in [2.05, 4.69) is 37.8 Å². The molecule has 0 radical (unpaired) electrons. The van der Waals surface area contributed by atoms with Gasteiger partial charge in [-0.1, -0.05) is 12.1 Å². The molecule has 0 aliphatic carbocycles. The molecule has 0 atom stereocenters. The number of rotatable bonds is 2. The maximum absolute atomic E-state index is 5.44. The van der Waals surface area contributed by atoms with Crippen molar-refractivity contribution in [1.82, 2.24) is 15.2 Å². The second-order valence-electron chi connectivity index (χ2n) is 2.82. The highest BCUT2D eigenvalue weighted by molar-refractivity contribution is 14.1. The number of halogens is 1. The Kier molecular flexibility index (Phi) is 2.78. The van der Waals surface area contributed by atoms with Crippen LogP contribution in [0.25, 0.3) is 11.4 Å². The second-order valence-corrected chi connectivity index (χ2v) is 4.07. The fraction of sp³-hybridized carbons (Fsp3) is 0.111. The molecule has 14 heavy (non-hydrogen) atoms. The summed E-state index contributed by atoms with van der Waals surface area (Å²) in [5, 5.41) is 6.86. The number of nitrogens with one attached hydrogen (secondary N) is 1. The predicted octanol–water partition coefficient (Wildman–Crippen LogP) is 1.54. The van der Waals surface area contributed by atoms with Crippen LogP contribution in [-0.4, -0.2) is 15.2 Å². The molecule has 2 aromatic rings. The van der Waals surface area contributed by atoms with E-state index < -0.39 is 0 Å². The van der Waals surface area contributed by atoms with E-state index in [1.165, 1.54) is 3.57 Å². The van der Waals surface area contributed by atoms with Crippen molar-refractivity contribution in [3.8, 4) is 11.4 Å². The van der Waals surface area contributed by atoms with E-state index in [0.717, 1.165) is 5.56 Å². The Hall–Kier alpha value is -0.950. The van der Waals surface area contributed by atoms with Crippen LogP contribution in [0.4, 0.5) is 0 Å². The van der Waals surface area contributed by atoms with Crippen molar-refractivity contribution in [2.24, 2.45) is 5.73 Å². The summed E-state index contributed by atoms with van der Waals surface area (Å²) in [5.74, 6) is 1.41. The number of benzene rings is 1. The highest BCUT2D eigenvalue weighted by Gasteiger charge is 2.04.